The Balaban J connectivity index is 2.56. The molecular formula is C14H21NO4S. The van der Waals surface area contributed by atoms with Crippen molar-refractivity contribution in [1.82, 2.24) is 4.72 Å². The molecule has 1 aromatic carbocycles. The number of carbonyl (C=O) groups is 1. The van der Waals surface area contributed by atoms with E-state index in [0.29, 0.717) is 19.3 Å². The summed E-state index contributed by atoms with van der Waals surface area (Å²) in [6.45, 7) is 1.93. The molecule has 0 aliphatic carbocycles. The van der Waals surface area contributed by atoms with Gasteiger partial charge in [-0.1, -0.05) is 50.1 Å². The molecule has 0 aliphatic rings. The van der Waals surface area contributed by atoms with Crippen LogP contribution in [0.4, 0.5) is 0 Å². The Hall–Kier alpha value is -1.40. The first-order chi connectivity index (χ1) is 9.44. The van der Waals surface area contributed by atoms with Crippen LogP contribution >= 0.6 is 0 Å². The molecule has 0 saturated carbocycles. The molecule has 20 heavy (non-hydrogen) atoms. The van der Waals surface area contributed by atoms with Crippen molar-refractivity contribution < 1.29 is 18.3 Å². The number of carboxylic acid groups (broad SMARTS) is 1. The highest BCUT2D eigenvalue weighted by atomic mass is 32.2. The summed E-state index contributed by atoms with van der Waals surface area (Å²) in [5, 5.41) is 9.02. The van der Waals surface area contributed by atoms with Crippen LogP contribution in [0.25, 0.3) is 0 Å². The number of unbranched alkanes of at least 4 members (excludes halogenated alkanes) is 1. The van der Waals surface area contributed by atoms with Gasteiger partial charge in [-0.2, -0.15) is 0 Å². The van der Waals surface area contributed by atoms with Crippen LogP contribution in [-0.4, -0.2) is 31.3 Å². The number of aliphatic carboxylic acids is 1. The Labute approximate surface area is 120 Å². The summed E-state index contributed by atoms with van der Waals surface area (Å²) >= 11 is 0. The zero-order valence-corrected chi connectivity index (χ0v) is 12.4. The van der Waals surface area contributed by atoms with E-state index >= 15 is 0 Å². The maximum absolute atomic E-state index is 11.9. The van der Waals surface area contributed by atoms with Crippen molar-refractivity contribution in [1.29, 1.82) is 0 Å². The molecule has 112 valence electrons. The van der Waals surface area contributed by atoms with Crippen molar-refractivity contribution in [2.75, 3.05) is 5.75 Å². The highest BCUT2D eigenvalue weighted by Crippen LogP contribution is 2.05. The largest absolute Gasteiger partial charge is 0.480 e. The predicted octanol–water partition coefficient (Wildman–Crippen LogP) is 1.79. The van der Waals surface area contributed by atoms with Gasteiger partial charge in [0.2, 0.25) is 10.0 Å². The van der Waals surface area contributed by atoms with Gasteiger partial charge < -0.3 is 5.11 Å². The Morgan fingerprint density at radius 3 is 2.50 bits per heavy atom. The van der Waals surface area contributed by atoms with E-state index in [9.17, 15) is 13.2 Å². The van der Waals surface area contributed by atoms with Crippen molar-refractivity contribution >= 4 is 16.0 Å². The van der Waals surface area contributed by atoms with E-state index < -0.39 is 22.0 Å². The number of rotatable bonds is 9. The lowest BCUT2D eigenvalue weighted by molar-refractivity contribution is -0.139. The summed E-state index contributed by atoms with van der Waals surface area (Å²) in [5.74, 6) is -1.23. The van der Waals surface area contributed by atoms with Gasteiger partial charge in [-0.15, -0.1) is 0 Å². The van der Waals surface area contributed by atoms with Gasteiger partial charge in [-0.05, 0) is 18.4 Å². The second kappa shape index (κ2) is 8.01. The van der Waals surface area contributed by atoms with Crippen molar-refractivity contribution in [3.8, 4) is 0 Å². The number of hydrogen-bond acceptors (Lipinski definition) is 3. The van der Waals surface area contributed by atoms with E-state index in [1.165, 1.54) is 0 Å². The second-order valence-corrected chi connectivity index (χ2v) is 6.58. The molecule has 0 aliphatic heterocycles. The van der Waals surface area contributed by atoms with Gasteiger partial charge in [0.15, 0.2) is 0 Å². The fourth-order valence-corrected chi connectivity index (χ4v) is 3.09. The number of hydrogen-bond donors (Lipinski definition) is 2. The molecule has 0 amide bonds. The van der Waals surface area contributed by atoms with Gasteiger partial charge in [0.05, 0.1) is 5.75 Å². The lowest BCUT2D eigenvalue weighted by Gasteiger charge is -2.14. The Morgan fingerprint density at radius 1 is 1.30 bits per heavy atom. The van der Waals surface area contributed by atoms with Crippen LogP contribution in [0, 0.1) is 0 Å². The fourth-order valence-electron chi connectivity index (χ4n) is 1.81. The van der Waals surface area contributed by atoms with Crippen molar-refractivity contribution in [2.45, 2.75) is 38.6 Å². The first-order valence-electron chi connectivity index (χ1n) is 6.71. The van der Waals surface area contributed by atoms with Gasteiger partial charge in [-0.3, -0.25) is 4.79 Å². The maximum Gasteiger partial charge on any atom is 0.321 e. The number of aryl methyl sites for hydroxylation is 1. The summed E-state index contributed by atoms with van der Waals surface area (Å²) in [6.07, 6.45) is 2.19. The van der Waals surface area contributed by atoms with Crippen molar-refractivity contribution in [3.63, 3.8) is 0 Å². The third-order valence-corrected chi connectivity index (χ3v) is 4.35. The molecule has 1 atom stereocenters. The van der Waals surface area contributed by atoms with Crippen molar-refractivity contribution in [2.24, 2.45) is 0 Å². The highest BCUT2D eigenvalue weighted by molar-refractivity contribution is 7.89. The SMILES string of the molecule is CCCCC(NS(=O)(=O)CCc1ccccc1)C(=O)O. The number of sulfonamides is 1. The van der Waals surface area contributed by atoms with Crippen LogP contribution in [-0.2, 0) is 21.2 Å². The monoisotopic (exact) mass is 299 g/mol. The van der Waals surface area contributed by atoms with Gasteiger partial charge in [0.25, 0.3) is 0 Å². The fraction of sp³-hybridized carbons (Fsp3) is 0.500. The minimum Gasteiger partial charge on any atom is -0.480 e. The molecule has 0 radical (unpaired) electrons. The van der Waals surface area contributed by atoms with Crippen LogP contribution in [0.2, 0.25) is 0 Å². The Bertz CT molecular complexity index is 513. The average Bonchev–Trinajstić information content (AvgIpc) is 2.42. The smallest absolute Gasteiger partial charge is 0.321 e. The van der Waals surface area contributed by atoms with E-state index in [1.54, 1.807) is 0 Å². The second-order valence-electron chi connectivity index (χ2n) is 4.71. The van der Waals surface area contributed by atoms with Gasteiger partial charge in [0, 0.05) is 0 Å². The lowest BCUT2D eigenvalue weighted by atomic mass is 10.1. The third kappa shape index (κ3) is 6.16. The zero-order chi connectivity index (χ0) is 15.0. The molecule has 1 unspecified atom stereocenters. The van der Waals surface area contributed by atoms with Gasteiger partial charge in [-0.25, -0.2) is 13.1 Å². The first-order valence-corrected chi connectivity index (χ1v) is 8.36. The molecule has 0 bridgehead atoms. The molecule has 0 saturated heterocycles. The first kappa shape index (κ1) is 16.7. The quantitative estimate of drug-likeness (QED) is 0.728. The van der Waals surface area contributed by atoms with Gasteiger partial charge >= 0.3 is 5.97 Å². The Morgan fingerprint density at radius 2 is 1.95 bits per heavy atom. The molecule has 0 heterocycles. The van der Waals surface area contributed by atoms with Crippen LogP contribution < -0.4 is 4.72 Å². The van der Waals surface area contributed by atoms with E-state index in [0.717, 1.165) is 12.0 Å². The summed E-state index contributed by atoms with van der Waals surface area (Å²) in [7, 11) is -3.59. The molecule has 6 heteroatoms. The lowest BCUT2D eigenvalue weighted by Crippen LogP contribution is -2.42. The van der Waals surface area contributed by atoms with E-state index in [4.69, 9.17) is 5.11 Å². The highest BCUT2D eigenvalue weighted by Gasteiger charge is 2.23. The third-order valence-electron chi connectivity index (χ3n) is 2.97. The molecule has 2 N–H and O–H groups in total. The molecular weight excluding hydrogens is 278 g/mol. The van der Waals surface area contributed by atoms with E-state index in [2.05, 4.69) is 4.72 Å². The summed E-state index contributed by atoms with van der Waals surface area (Å²) in [4.78, 5) is 11.0. The van der Waals surface area contributed by atoms with Crippen LogP contribution in [0.15, 0.2) is 30.3 Å². The summed E-state index contributed by atoms with van der Waals surface area (Å²) < 4.78 is 26.1. The minimum atomic E-state index is -3.59. The average molecular weight is 299 g/mol. The van der Waals surface area contributed by atoms with Crippen LogP contribution in [0.1, 0.15) is 31.7 Å². The Kier molecular flexibility index (Phi) is 6.67. The predicted molar refractivity (Wildman–Crippen MR) is 78.0 cm³/mol. The molecule has 5 nitrogen and oxygen atoms in total. The zero-order valence-electron chi connectivity index (χ0n) is 11.6. The standard InChI is InChI=1S/C14H21NO4S/c1-2-3-9-13(14(16)17)15-20(18,19)11-10-12-7-5-4-6-8-12/h4-8,13,15H,2-3,9-11H2,1H3,(H,16,17). The number of nitrogens with one attached hydrogen (secondary N) is 1. The molecule has 0 aromatic heterocycles. The molecule has 1 aromatic rings. The summed E-state index contributed by atoms with van der Waals surface area (Å²) in [5.41, 5.74) is 0.915. The molecule has 0 fully saturated rings. The summed E-state index contributed by atoms with van der Waals surface area (Å²) in [6, 6.07) is 8.22. The van der Waals surface area contributed by atoms with E-state index in [1.807, 2.05) is 37.3 Å². The normalized spacial score (nSPS) is 13.1. The van der Waals surface area contributed by atoms with E-state index in [-0.39, 0.29) is 5.75 Å². The molecule has 0 spiro atoms. The van der Waals surface area contributed by atoms with Crippen LogP contribution in [0.5, 0.6) is 0 Å². The number of benzene rings is 1. The van der Waals surface area contributed by atoms with Gasteiger partial charge in [0.1, 0.15) is 6.04 Å². The molecule has 1 rings (SSSR count). The van der Waals surface area contributed by atoms with Crippen molar-refractivity contribution in [3.05, 3.63) is 35.9 Å². The van der Waals surface area contributed by atoms with Crippen LogP contribution in [0.3, 0.4) is 0 Å². The topological polar surface area (TPSA) is 83.5 Å². The minimum absolute atomic E-state index is 0.104. The maximum atomic E-state index is 11.9. The number of carboxylic acids is 1.